The number of phenolic OH excluding ortho intramolecular Hbond substituents is 2. The smallest absolute Gasteiger partial charge is 0.157 e. The van der Waals surface area contributed by atoms with Gasteiger partial charge in [-0.3, -0.25) is 4.90 Å². The van der Waals surface area contributed by atoms with Crippen molar-refractivity contribution < 1.29 is 14.9 Å². The van der Waals surface area contributed by atoms with Gasteiger partial charge in [0.2, 0.25) is 0 Å². The van der Waals surface area contributed by atoms with Crippen molar-refractivity contribution in [2.24, 2.45) is 0 Å². The van der Waals surface area contributed by atoms with Gasteiger partial charge in [-0.15, -0.1) is 11.3 Å². The van der Waals surface area contributed by atoms with Crippen LogP contribution in [0.3, 0.4) is 0 Å². The molecule has 3 aromatic rings. The summed E-state index contributed by atoms with van der Waals surface area (Å²) in [6.07, 6.45) is 4.17. The van der Waals surface area contributed by atoms with E-state index in [2.05, 4.69) is 10.2 Å². The number of fused-ring (bicyclic) bond motifs is 3. The Morgan fingerprint density at radius 2 is 1.97 bits per heavy atom. The van der Waals surface area contributed by atoms with E-state index in [1.807, 2.05) is 17.4 Å². The van der Waals surface area contributed by atoms with Crippen molar-refractivity contribution in [1.82, 2.24) is 14.9 Å². The molecule has 0 atom stereocenters. The topological polar surface area (TPSA) is 90.7 Å². The largest absolute Gasteiger partial charge is 0.504 e. The average Bonchev–Trinajstić information content (AvgIpc) is 3.32. The Labute approximate surface area is 179 Å². The zero-order chi connectivity index (χ0) is 20.5. The first-order valence-electron chi connectivity index (χ1n) is 10.5. The number of rotatable bonds is 6. The standard InChI is InChI=1S/C22H26N4O3S/c27-16-5-4-14(12-17(16)28)6-7-23-21-20-15-2-1-3-18(15)30-22(20)25-19(24-21)13-26-8-10-29-11-9-26/h4-5,12,27-28H,1-3,6-11,13H2,(H,23,24,25). The van der Waals surface area contributed by atoms with E-state index in [0.29, 0.717) is 6.54 Å². The monoisotopic (exact) mass is 426 g/mol. The molecule has 1 aliphatic heterocycles. The maximum atomic E-state index is 9.72. The van der Waals surface area contributed by atoms with Gasteiger partial charge >= 0.3 is 0 Å². The van der Waals surface area contributed by atoms with Crippen LogP contribution < -0.4 is 5.32 Å². The number of phenols is 2. The van der Waals surface area contributed by atoms with E-state index >= 15 is 0 Å². The van der Waals surface area contributed by atoms with E-state index in [4.69, 9.17) is 14.7 Å². The van der Waals surface area contributed by atoms with Gasteiger partial charge in [0.05, 0.1) is 25.1 Å². The minimum atomic E-state index is -0.0918. The fraction of sp³-hybridized carbons (Fsp3) is 0.455. The van der Waals surface area contributed by atoms with Crippen LogP contribution in [-0.4, -0.2) is 57.9 Å². The van der Waals surface area contributed by atoms with E-state index in [9.17, 15) is 10.2 Å². The Hall–Kier alpha value is -2.42. The van der Waals surface area contributed by atoms with Gasteiger partial charge in [0.25, 0.3) is 0 Å². The van der Waals surface area contributed by atoms with Crippen LogP contribution >= 0.6 is 11.3 Å². The maximum Gasteiger partial charge on any atom is 0.157 e. The molecule has 3 heterocycles. The average molecular weight is 427 g/mol. The third-order valence-electron chi connectivity index (χ3n) is 5.83. The molecule has 5 rings (SSSR count). The second kappa shape index (κ2) is 8.37. The number of aryl methyl sites for hydroxylation is 2. The molecule has 1 fully saturated rings. The van der Waals surface area contributed by atoms with Gasteiger partial charge in [0.1, 0.15) is 16.5 Å². The summed E-state index contributed by atoms with van der Waals surface area (Å²) in [5.41, 5.74) is 2.38. The molecule has 0 amide bonds. The number of thiophene rings is 1. The molecule has 2 aromatic heterocycles. The molecule has 0 saturated carbocycles. The van der Waals surface area contributed by atoms with Crippen LogP contribution in [0.15, 0.2) is 18.2 Å². The number of hydrogen-bond donors (Lipinski definition) is 3. The first kappa shape index (κ1) is 19.5. The Morgan fingerprint density at radius 3 is 2.80 bits per heavy atom. The number of hydrogen-bond acceptors (Lipinski definition) is 8. The summed E-state index contributed by atoms with van der Waals surface area (Å²) in [6.45, 7) is 4.78. The highest BCUT2D eigenvalue weighted by molar-refractivity contribution is 7.19. The quantitative estimate of drug-likeness (QED) is 0.522. The highest BCUT2D eigenvalue weighted by Gasteiger charge is 2.23. The molecule has 1 aromatic carbocycles. The molecule has 158 valence electrons. The second-order valence-corrected chi connectivity index (χ2v) is 9.00. The predicted molar refractivity (Wildman–Crippen MR) is 118 cm³/mol. The Morgan fingerprint density at radius 1 is 1.10 bits per heavy atom. The molecule has 3 N–H and O–H groups in total. The van der Waals surface area contributed by atoms with Crippen LogP contribution in [0.4, 0.5) is 5.82 Å². The van der Waals surface area contributed by atoms with Crippen LogP contribution in [0.25, 0.3) is 10.2 Å². The predicted octanol–water partition coefficient (Wildman–Crippen LogP) is 3.08. The number of nitrogens with one attached hydrogen (secondary N) is 1. The summed E-state index contributed by atoms with van der Waals surface area (Å²) in [7, 11) is 0. The molecular weight excluding hydrogens is 400 g/mol. The van der Waals surface area contributed by atoms with E-state index in [-0.39, 0.29) is 11.5 Å². The second-order valence-electron chi connectivity index (χ2n) is 7.91. The van der Waals surface area contributed by atoms with Crippen LogP contribution in [-0.2, 0) is 30.5 Å². The van der Waals surface area contributed by atoms with Crippen LogP contribution in [0.1, 0.15) is 28.2 Å². The number of benzene rings is 1. The van der Waals surface area contributed by atoms with Crippen molar-refractivity contribution in [3.8, 4) is 11.5 Å². The summed E-state index contributed by atoms with van der Waals surface area (Å²) in [6, 6.07) is 4.97. The summed E-state index contributed by atoms with van der Waals surface area (Å²) in [5.74, 6) is 1.60. The van der Waals surface area contributed by atoms with Crippen molar-refractivity contribution in [3.05, 3.63) is 40.0 Å². The van der Waals surface area contributed by atoms with E-state index < -0.39 is 0 Å². The third-order valence-corrected chi connectivity index (χ3v) is 7.01. The van der Waals surface area contributed by atoms with Gasteiger partial charge in [-0.25, -0.2) is 9.97 Å². The van der Waals surface area contributed by atoms with E-state index in [1.54, 1.807) is 6.07 Å². The highest BCUT2D eigenvalue weighted by atomic mass is 32.1. The summed E-state index contributed by atoms with van der Waals surface area (Å²) in [5, 5.41) is 23.9. The van der Waals surface area contributed by atoms with Gasteiger partial charge < -0.3 is 20.3 Å². The lowest BCUT2D eigenvalue weighted by Gasteiger charge is -2.25. The first-order valence-corrected chi connectivity index (χ1v) is 11.3. The zero-order valence-electron chi connectivity index (χ0n) is 16.9. The van der Waals surface area contributed by atoms with Crippen molar-refractivity contribution in [2.45, 2.75) is 32.2 Å². The van der Waals surface area contributed by atoms with Crippen molar-refractivity contribution in [1.29, 1.82) is 0 Å². The zero-order valence-corrected chi connectivity index (χ0v) is 17.7. The molecule has 2 aliphatic rings. The molecule has 8 heteroatoms. The Bertz CT molecular complexity index is 1060. The molecule has 1 aliphatic carbocycles. The molecule has 0 radical (unpaired) electrons. The summed E-state index contributed by atoms with van der Waals surface area (Å²) >= 11 is 1.81. The molecule has 7 nitrogen and oxygen atoms in total. The number of aromatic hydroxyl groups is 2. The minimum absolute atomic E-state index is 0.0830. The van der Waals surface area contributed by atoms with Crippen molar-refractivity contribution >= 4 is 27.4 Å². The summed E-state index contributed by atoms with van der Waals surface area (Å²) in [4.78, 5) is 14.7. The fourth-order valence-corrected chi connectivity index (χ4v) is 5.53. The lowest BCUT2D eigenvalue weighted by molar-refractivity contribution is 0.0331. The van der Waals surface area contributed by atoms with Gasteiger partial charge in [-0.2, -0.15) is 0 Å². The van der Waals surface area contributed by atoms with Gasteiger partial charge in [-0.05, 0) is 48.9 Å². The Balaban J connectivity index is 1.38. The van der Waals surface area contributed by atoms with Gasteiger partial charge in [-0.1, -0.05) is 6.07 Å². The fourth-order valence-electron chi connectivity index (χ4n) is 4.25. The van der Waals surface area contributed by atoms with E-state index in [0.717, 1.165) is 74.1 Å². The SMILES string of the molecule is Oc1ccc(CCNc2nc(CN3CCOCC3)nc3sc4c(c23)CCC4)cc1O. The highest BCUT2D eigenvalue weighted by Crippen LogP contribution is 2.39. The lowest BCUT2D eigenvalue weighted by Crippen LogP contribution is -2.36. The molecule has 1 saturated heterocycles. The summed E-state index contributed by atoms with van der Waals surface area (Å²) < 4.78 is 5.46. The molecule has 0 bridgehead atoms. The van der Waals surface area contributed by atoms with Crippen molar-refractivity contribution in [3.63, 3.8) is 0 Å². The third kappa shape index (κ3) is 3.95. The number of anilines is 1. The van der Waals surface area contributed by atoms with Crippen molar-refractivity contribution in [2.75, 3.05) is 38.2 Å². The minimum Gasteiger partial charge on any atom is -0.504 e. The van der Waals surface area contributed by atoms with Crippen LogP contribution in [0.2, 0.25) is 0 Å². The van der Waals surface area contributed by atoms with Crippen LogP contribution in [0, 0.1) is 0 Å². The molecule has 0 spiro atoms. The maximum absolute atomic E-state index is 9.72. The number of aromatic nitrogens is 2. The molecule has 0 unspecified atom stereocenters. The normalized spacial score (nSPS) is 16.8. The lowest BCUT2D eigenvalue weighted by atomic mass is 10.1. The van der Waals surface area contributed by atoms with Gasteiger partial charge in [0, 0.05) is 24.5 Å². The number of nitrogens with zero attached hydrogens (tertiary/aromatic N) is 3. The van der Waals surface area contributed by atoms with E-state index in [1.165, 1.54) is 28.3 Å². The first-order chi connectivity index (χ1) is 14.7. The number of morpholine rings is 1. The number of ether oxygens (including phenoxy) is 1. The Kier molecular flexibility index (Phi) is 5.45. The van der Waals surface area contributed by atoms with Gasteiger partial charge in [0.15, 0.2) is 11.5 Å². The molecular formula is C22H26N4O3S. The van der Waals surface area contributed by atoms with Crippen LogP contribution in [0.5, 0.6) is 11.5 Å². The molecule has 30 heavy (non-hydrogen) atoms.